The Morgan fingerprint density at radius 2 is 1.78 bits per heavy atom. The Labute approximate surface area is 195 Å². The van der Waals surface area contributed by atoms with E-state index in [0.29, 0.717) is 22.2 Å². The van der Waals surface area contributed by atoms with Crippen molar-refractivity contribution in [2.24, 2.45) is 7.05 Å². The zero-order valence-electron chi connectivity index (χ0n) is 18.0. The van der Waals surface area contributed by atoms with Crippen LogP contribution >= 0.6 is 23.4 Å². The molecule has 168 valence electrons. The van der Waals surface area contributed by atoms with Crippen LogP contribution in [-0.4, -0.2) is 33.1 Å². The summed E-state index contributed by atoms with van der Waals surface area (Å²) >= 11 is 7.35. The number of esters is 1. The molecule has 0 spiro atoms. The molecule has 1 aromatic heterocycles. The van der Waals surface area contributed by atoms with Gasteiger partial charge in [-0.2, -0.15) is 0 Å². The number of anilines is 1. The second-order valence-corrected chi connectivity index (χ2v) is 8.72. The van der Waals surface area contributed by atoms with Gasteiger partial charge in [-0.3, -0.25) is 19.1 Å². The SMILES string of the molecule is Cc1c(NC(=O)C(C)OC(=O)CCSc2ccc(Cl)cc2)c(=O)n(-c2ccccc2)n1C. The molecule has 1 unspecified atom stereocenters. The molecule has 0 radical (unpaired) electrons. The van der Waals surface area contributed by atoms with Crippen LogP contribution in [0.3, 0.4) is 0 Å². The maximum atomic E-state index is 12.9. The number of thioether (sulfide) groups is 1. The van der Waals surface area contributed by atoms with Crippen molar-refractivity contribution >= 4 is 40.9 Å². The van der Waals surface area contributed by atoms with E-state index in [-0.39, 0.29) is 17.7 Å². The van der Waals surface area contributed by atoms with Crippen molar-refractivity contribution in [3.8, 4) is 5.69 Å². The molecular weight excluding hydrogens is 450 g/mol. The number of nitrogens with zero attached hydrogens (tertiary/aromatic N) is 2. The first-order valence-corrected chi connectivity index (χ1v) is 11.4. The highest BCUT2D eigenvalue weighted by atomic mass is 35.5. The van der Waals surface area contributed by atoms with Gasteiger partial charge in [-0.25, -0.2) is 4.68 Å². The number of benzene rings is 2. The number of aromatic nitrogens is 2. The molecule has 2 aromatic carbocycles. The lowest BCUT2D eigenvalue weighted by Gasteiger charge is -2.13. The summed E-state index contributed by atoms with van der Waals surface area (Å²) in [7, 11) is 1.74. The molecule has 3 aromatic rings. The van der Waals surface area contributed by atoms with Gasteiger partial charge in [-0.1, -0.05) is 29.8 Å². The van der Waals surface area contributed by atoms with Crippen molar-refractivity contribution in [2.75, 3.05) is 11.1 Å². The van der Waals surface area contributed by atoms with Gasteiger partial charge in [0.15, 0.2) is 6.10 Å². The number of carbonyl (C=O) groups excluding carboxylic acids is 2. The number of hydrogen-bond donors (Lipinski definition) is 1. The Morgan fingerprint density at radius 3 is 2.44 bits per heavy atom. The molecule has 7 nitrogen and oxygen atoms in total. The zero-order valence-corrected chi connectivity index (χ0v) is 19.6. The third-order valence-electron chi connectivity index (χ3n) is 4.87. The largest absolute Gasteiger partial charge is 0.453 e. The van der Waals surface area contributed by atoms with Gasteiger partial charge < -0.3 is 10.1 Å². The first kappa shape index (κ1) is 23.7. The molecule has 32 heavy (non-hydrogen) atoms. The average Bonchev–Trinajstić information content (AvgIpc) is 2.98. The van der Waals surface area contributed by atoms with Gasteiger partial charge >= 0.3 is 5.97 Å². The van der Waals surface area contributed by atoms with E-state index < -0.39 is 18.0 Å². The highest BCUT2D eigenvalue weighted by Crippen LogP contribution is 2.21. The minimum absolute atomic E-state index is 0.149. The Kier molecular flexibility index (Phi) is 7.82. The van der Waals surface area contributed by atoms with Crippen LogP contribution in [0.4, 0.5) is 5.69 Å². The van der Waals surface area contributed by atoms with Gasteiger partial charge in [0.2, 0.25) is 0 Å². The molecule has 1 amide bonds. The second-order valence-electron chi connectivity index (χ2n) is 7.11. The van der Waals surface area contributed by atoms with E-state index >= 15 is 0 Å². The van der Waals surface area contributed by atoms with E-state index in [2.05, 4.69) is 5.32 Å². The average molecular weight is 474 g/mol. The van der Waals surface area contributed by atoms with Crippen molar-refractivity contribution in [3.05, 3.63) is 75.7 Å². The summed E-state index contributed by atoms with van der Waals surface area (Å²) in [5.74, 6) is -0.538. The molecule has 0 aliphatic rings. The van der Waals surface area contributed by atoms with E-state index in [1.54, 1.807) is 42.9 Å². The fourth-order valence-electron chi connectivity index (χ4n) is 3.03. The van der Waals surface area contributed by atoms with Crippen molar-refractivity contribution < 1.29 is 14.3 Å². The minimum Gasteiger partial charge on any atom is -0.453 e. The highest BCUT2D eigenvalue weighted by Gasteiger charge is 2.23. The van der Waals surface area contributed by atoms with Crippen LogP contribution < -0.4 is 10.9 Å². The monoisotopic (exact) mass is 473 g/mol. The van der Waals surface area contributed by atoms with E-state index in [9.17, 15) is 14.4 Å². The van der Waals surface area contributed by atoms with E-state index in [1.165, 1.54) is 23.4 Å². The van der Waals surface area contributed by atoms with Crippen molar-refractivity contribution in [3.63, 3.8) is 0 Å². The van der Waals surface area contributed by atoms with Gasteiger partial charge in [-0.15, -0.1) is 11.8 Å². The molecule has 0 bridgehead atoms. The van der Waals surface area contributed by atoms with Crippen molar-refractivity contribution in [1.82, 2.24) is 9.36 Å². The predicted octanol–water partition coefficient (Wildman–Crippen LogP) is 4.19. The summed E-state index contributed by atoms with van der Waals surface area (Å²) < 4.78 is 8.37. The van der Waals surface area contributed by atoms with Gasteiger partial charge in [0, 0.05) is 22.7 Å². The Balaban J connectivity index is 1.58. The van der Waals surface area contributed by atoms with Crippen LogP contribution in [0, 0.1) is 6.92 Å². The Morgan fingerprint density at radius 1 is 1.12 bits per heavy atom. The number of ether oxygens (including phenoxy) is 1. The molecule has 3 rings (SSSR count). The standard InChI is InChI=1S/C23H24ClN3O4S/c1-15-21(23(30)27(26(15)3)18-7-5-4-6-8-18)25-22(29)16(2)31-20(28)13-14-32-19-11-9-17(24)10-12-19/h4-12,16H,13-14H2,1-3H3,(H,25,29). The molecule has 0 saturated heterocycles. The maximum Gasteiger partial charge on any atom is 0.307 e. The summed E-state index contributed by atoms with van der Waals surface area (Å²) in [6, 6.07) is 16.4. The summed E-state index contributed by atoms with van der Waals surface area (Å²) in [6.07, 6.45) is -0.886. The summed E-state index contributed by atoms with van der Waals surface area (Å²) in [6.45, 7) is 3.22. The molecule has 0 aliphatic heterocycles. The smallest absolute Gasteiger partial charge is 0.307 e. The maximum absolute atomic E-state index is 12.9. The normalized spacial score (nSPS) is 11.8. The summed E-state index contributed by atoms with van der Waals surface area (Å²) in [4.78, 5) is 38.6. The molecule has 9 heteroatoms. The van der Waals surface area contributed by atoms with Crippen LogP contribution in [0.15, 0.2) is 64.3 Å². The first-order chi connectivity index (χ1) is 15.3. The Hall–Kier alpha value is -2.97. The number of halogens is 1. The third-order valence-corrected chi connectivity index (χ3v) is 6.13. The Bertz CT molecular complexity index is 1160. The number of hydrogen-bond acceptors (Lipinski definition) is 5. The zero-order chi connectivity index (χ0) is 23.3. The van der Waals surface area contributed by atoms with Gasteiger partial charge in [-0.05, 0) is 50.2 Å². The molecule has 0 fully saturated rings. The minimum atomic E-state index is -1.03. The quantitative estimate of drug-likeness (QED) is 0.392. The van der Waals surface area contributed by atoms with Crippen molar-refractivity contribution in [2.45, 2.75) is 31.3 Å². The number of amides is 1. The lowest BCUT2D eigenvalue weighted by atomic mass is 10.3. The summed E-state index contributed by atoms with van der Waals surface area (Å²) in [5, 5.41) is 3.26. The summed E-state index contributed by atoms with van der Waals surface area (Å²) in [5.41, 5.74) is 1.07. The third kappa shape index (κ3) is 5.63. The molecule has 1 N–H and O–H groups in total. The first-order valence-electron chi connectivity index (χ1n) is 10.0. The molecule has 0 saturated carbocycles. The number of carbonyl (C=O) groups is 2. The molecule has 1 heterocycles. The van der Waals surface area contributed by atoms with Crippen LogP contribution in [0.5, 0.6) is 0 Å². The molecule has 0 aliphatic carbocycles. The fraction of sp³-hybridized carbons (Fsp3) is 0.261. The lowest BCUT2D eigenvalue weighted by molar-refractivity contribution is -0.152. The van der Waals surface area contributed by atoms with Crippen LogP contribution in [0.25, 0.3) is 5.69 Å². The van der Waals surface area contributed by atoms with Crippen LogP contribution in [0.1, 0.15) is 19.0 Å². The van der Waals surface area contributed by atoms with Gasteiger partial charge in [0.05, 0.1) is 17.8 Å². The number of para-hydroxylation sites is 1. The second kappa shape index (κ2) is 10.6. The van der Waals surface area contributed by atoms with E-state index in [0.717, 1.165) is 4.90 Å². The van der Waals surface area contributed by atoms with E-state index in [1.807, 2.05) is 30.3 Å². The highest BCUT2D eigenvalue weighted by molar-refractivity contribution is 7.99. The van der Waals surface area contributed by atoms with E-state index in [4.69, 9.17) is 16.3 Å². The predicted molar refractivity (Wildman–Crippen MR) is 127 cm³/mol. The van der Waals surface area contributed by atoms with Crippen LogP contribution in [0.2, 0.25) is 5.02 Å². The fourth-order valence-corrected chi connectivity index (χ4v) is 3.99. The molecule has 1 atom stereocenters. The van der Waals surface area contributed by atoms with Crippen molar-refractivity contribution in [1.29, 1.82) is 0 Å². The number of rotatable bonds is 8. The topological polar surface area (TPSA) is 82.3 Å². The molecular formula is C23H24ClN3O4S. The van der Waals surface area contributed by atoms with Gasteiger partial charge in [0.25, 0.3) is 11.5 Å². The van der Waals surface area contributed by atoms with Crippen LogP contribution in [-0.2, 0) is 21.4 Å². The number of nitrogens with one attached hydrogen (secondary N) is 1. The van der Waals surface area contributed by atoms with Gasteiger partial charge in [0.1, 0.15) is 5.69 Å². The lowest BCUT2D eigenvalue weighted by Crippen LogP contribution is -2.32.